The standard InChI is InChI=1S/C27H28N6O4/c1-35-14-12-33-26(29-30-31-33)25(23-16-20-15-21(36-2)10-11-24(20)28-27(23)34)32(18-22-9-6-13-37-22)17-19-7-4-3-5-8-19/h3-11,13,15-16,25H,12,14,17-18H2,1-2H3,(H,28,34)/t25-/m1/s1. The van der Waals surface area contributed by atoms with Gasteiger partial charge in [0.15, 0.2) is 5.82 Å². The number of pyridine rings is 1. The van der Waals surface area contributed by atoms with Crippen molar-refractivity contribution in [2.24, 2.45) is 0 Å². The van der Waals surface area contributed by atoms with Crippen molar-refractivity contribution >= 4 is 10.9 Å². The molecule has 0 bridgehead atoms. The van der Waals surface area contributed by atoms with Gasteiger partial charge in [-0.2, -0.15) is 0 Å². The zero-order chi connectivity index (χ0) is 25.6. The van der Waals surface area contributed by atoms with E-state index in [0.29, 0.717) is 48.9 Å². The molecular weight excluding hydrogens is 472 g/mol. The zero-order valence-electron chi connectivity index (χ0n) is 20.7. The summed E-state index contributed by atoms with van der Waals surface area (Å²) in [6.07, 6.45) is 1.64. The van der Waals surface area contributed by atoms with Crippen LogP contribution < -0.4 is 10.3 Å². The molecule has 1 N–H and O–H groups in total. The summed E-state index contributed by atoms with van der Waals surface area (Å²) in [6.45, 7) is 1.82. The number of aromatic nitrogens is 5. The molecule has 0 fully saturated rings. The van der Waals surface area contributed by atoms with E-state index in [1.54, 1.807) is 25.2 Å². The second-order valence-electron chi connectivity index (χ2n) is 8.63. The molecular formula is C27H28N6O4. The molecule has 0 aliphatic heterocycles. The van der Waals surface area contributed by atoms with Gasteiger partial charge in [0.2, 0.25) is 0 Å². The predicted molar refractivity (Wildman–Crippen MR) is 137 cm³/mol. The number of rotatable bonds is 11. The fraction of sp³-hybridized carbons (Fsp3) is 0.259. The van der Waals surface area contributed by atoms with E-state index < -0.39 is 6.04 Å². The minimum Gasteiger partial charge on any atom is -0.497 e. The Hall–Kier alpha value is -4.28. The van der Waals surface area contributed by atoms with Crippen LogP contribution in [0, 0.1) is 0 Å². The van der Waals surface area contributed by atoms with Crippen molar-refractivity contribution in [3.63, 3.8) is 0 Å². The van der Waals surface area contributed by atoms with Crippen molar-refractivity contribution in [1.82, 2.24) is 30.1 Å². The van der Waals surface area contributed by atoms with Crippen molar-refractivity contribution < 1.29 is 13.9 Å². The van der Waals surface area contributed by atoms with Gasteiger partial charge in [-0.15, -0.1) is 5.10 Å². The second kappa shape index (κ2) is 11.2. The largest absolute Gasteiger partial charge is 0.497 e. The van der Waals surface area contributed by atoms with Gasteiger partial charge in [-0.05, 0) is 52.4 Å². The van der Waals surface area contributed by atoms with E-state index in [-0.39, 0.29) is 5.56 Å². The molecule has 10 nitrogen and oxygen atoms in total. The summed E-state index contributed by atoms with van der Waals surface area (Å²) in [5.74, 6) is 1.99. The molecule has 10 heteroatoms. The van der Waals surface area contributed by atoms with Crippen molar-refractivity contribution in [2.45, 2.75) is 25.7 Å². The number of furan rings is 1. The van der Waals surface area contributed by atoms with E-state index in [2.05, 4.69) is 37.5 Å². The van der Waals surface area contributed by atoms with Gasteiger partial charge in [0.1, 0.15) is 17.6 Å². The van der Waals surface area contributed by atoms with Crippen LogP contribution in [-0.2, 0) is 24.4 Å². The van der Waals surface area contributed by atoms with Crippen LogP contribution >= 0.6 is 0 Å². The Kier molecular flexibility index (Phi) is 7.38. The summed E-state index contributed by atoms with van der Waals surface area (Å²) < 4.78 is 18.1. The topological polar surface area (TPSA) is 111 Å². The summed E-state index contributed by atoms with van der Waals surface area (Å²) in [6, 6.07) is 20.7. The minimum absolute atomic E-state index is 0.221. The number of hydrogen-bond donors (Lipinski definition) is 1. The molecule has 37 heavy (non-hydrogen) atoms. The van der Waals surface area contributed by atoms with E-state index in [1.807, 2.05) is 54.6 Å². The lowest BCUT2D eigenvalue weighted by Crippen LogP contribution is -2.35. The maximum atomic E-state index is 13.6. The Labute approximate surface area is 213 Å². The van der Waals surface area contributed by atoms with E-state index >= 15 is 0 Å². The molecule has 0 unspecified atom stereocenters. The fourth-order valence-corrected chi connectivity index (χ4v) is 4.43. The molecule has 2 aromatic carbocycles. The number of fused-ring (bicyclic) bond motifs is 1. The number of hydrogen-bond acceptors (Lipinski definition) is 8. The summed E-state index contributed by atoms with van der Waals surface area (Å²) >= 11 is 0. The SMILES string of the molecule is COCCn1nnnc1[C@@H](c1cc2cc(OC)ccc2[nH]c1=O)N(Cc1ccccc1)Cc1ccco1. The van der Waals surface area contributed by atoms with Crippen molar-refractivity contribution in [2.75, 3.05) is 20.8 Å². The fourth-order valence-electron chi connectivity index (χ4n) is 4.43. The van der Waals surface area contributed by atoms with Gasteiger partial charge in [-0.25, -0.2) is 4.68 Å². The van der Waals surface area contributed by atoms with Gasteiger partial charge in [-0.1, -0.05) is 30.3 Å². The summed E-state index contributed by atoms with van der Waals surface area (Å²) in [4.78, 5) is 18.7. The molecule has 3 heterocycles. The first kappa shape index (κ1) is 24.4. The van der Waals surface area contributed by atoms with Crippen molar-refractivity contribution in [3.05, 3.63) is 106 Å². The first-order valence-electron chi connectivity index (χ1n) is 11.9. The number of benzene rings is 2. The number of methoxy groups -OCH3 is 2. The smallest absolute Gasteiger partial charge is 0.253 e. The monoisotopic (exact) mass is 500 g/mol. The average molecular weight is 501 g/mol. The van der Waals surface area contributed by atoms with Crippen LogP contribution in [0.1, 0.15) is 28.8 Å². The van der Waals surface area contributed by atoms with E-state index in [1.165, 1.54) is 0 Å². The van der Waals surface area contributed by atoms with Crippen LogP contribution in [0.25, 0.3) is 10.9 Å². The lowest BCUT2D eigenvalue weighted by molar-refractivity contribution is 0.163. The Morgan fingerprint density at radius 3 is 2.68 bits per heavy atom. The predicted octanol–water partition coefficient (Wildman–Crippen LogP) is 3.55. The van der Waals surface area contributed by atoms with E-state index in [0.717, 1.165) is 16.7 Å². The Bertz CT molecular complexity index is 1500. The molecule has 0 amide bonds. The highest BCUT2D eigenvalue weighted by Crippen LogP contribution is 2.31. The number of nitrogens with one attached hydrogen (secondary N) is 1. The molecule has 0 aliphatic rings. The molecule has 190 valence electrons. The van der Waals surface area contributed by atoms with Gasteiger partial charge in [0.05, 0.1) is 33.1 Å². The Morgan fingerprint density at radius 2 is 1.92 bits per heavy atom. The van der Waals surface area contributed by atoms with Gasteiger partial charge >= 0.3 is 0 Å². The summed E-state index contributed by atoms with van der Waals surface area (Å²) in [7, 11) is 3.24. The van der Waals surface area contributed by atoms with Crippen LogP contribution in [-0.4, -0.2) is 50.9 Å². The first-order valence-corrected chi connectivity index (χ1v) is 11.9. The van der Waals surface area contributed by atoms with Crippen LogP contribution in [0.2, 0.25) is 0 Å². The molecule has 0 saturated heterocycles. The van der Waals surface area contributed by atoms with Crippen molar-refractivity contribution in [1.29, 1.82) is 0 Å². The molecule has 3 aromatic heterocycles. The minimum atomic E-state index is -0.587. The summed E-state index contributed by atoms with van der Waals surface area (Å²) in [5.41, 5.74) is 2.08. The molecule has 1 atom stereocenters. The van der Waals surface area contributed by atoms with Gasteiger partial charge < -0.3 is 18.9 Å². The molecule has 0 aliphatic carbocycles. The third kappa shape index (κ3) is 5.45. The molecule has 0 saturated carbocycles. The third-order valence-corrected chi connectivity index (χ3v) is 6.22. The number of aromatic amines is 1. The van der Waals surface area contributed by atoms with Crippen molar-refractivity contribution in [3.8, 4) is 5.75 Å². The van der Waals surface area contributed by atoms with E-state index in [9.17, 15) is 4.79 Å². The normalized spacial score (nSPS) is 12.3. The lowest BCUT2D eigenvalue weighted by atomic mass is 10.0. The van der Waals surface area contributed by atoms with Gasteiger partial charge in [-0.3, -0.25) is 9.69 Å². The molecule has 0 spiro atoms. The highest BCUT2D eigenvalue weighted by Gasteiger charge is 2.31. The first-order chi connectivity index (χ1) is 18.2. The molecule has 0 radical (unpaired) electrons. The lowest BCUT2D eigenvalue weighted by Gasteiger charge is -2.30. The highest BCUT2D eigenvalue weighted by molar-refractivity contribution is 5.80. The average Bonchev–Trinajstić information content (AvgIpc) is 3.60. The zero-order valence-corrected chi connectivity index (χ0v) is 20.7. The quantitative estimate of drug-likeness (QED) is 0.293. The van der Waals surface area contributed by atoms with Crippen LogP contribution in [0.3, 0.4) is 0 Å². The number of nitrogens with zero attached hydrogens (tertiary/aromatic N) is 5. The summed E-state index contributed by atoms with van der Waals surface area (Å²) in [5, 5.41) is 13.4. The van der Waals surface area contributed by atoms with E-state index in [4.69, 9.17) is 13.9 Å². The maximum Gasteiger partial charge on any atom is 0.253 e. The maximum absolute atomic E-state index is 13.6. The second-order valence-corrected chi connectivity index (χ2v) is 8.63. The van der Waals surface area contributed by atoms with Gasteiger partial charge in [0, 0.05) is 30.1 Å². The number of tetrazole rings is 1. The molecule has 5 rings (SSSR count). The van der Waals surface area contributed by atoms with Crippen LogP contribution in [0.15, 0.2) is 82.2 Å². The Balaban J connectivity index is 1.68. The number of ether oxygens (including phenoxy) is 2. The van der Waals surface area contributed by atoms with Crippen LogP contribution in [0.5, 0.6) is 5.75 Å². The van der Waals surface area contributed by atoms with Crippen LogP contribution in [0.4, 0.5) is 0 Å². The molecule has 5 aromatic rings. The third-order valence-electron chi connectivity index (χ3n) is 6.22. The Morgan fingerprint density at radius 1 is 1.05 bits per heavy atom. The van der Waals surface area contributed by atoms with Gasteiger partial charge in [0.25, 0.3) is 5.56 Å². The number of H-pyrrole nitrogens is 1. The highest BCUT2D eigenvalue weighted by atomic mass is 16.5.